The van der Waals surface area contributed by atoms with Crippen LogP contribution in [0.1, 0.15) is 38.5 Å². The molecule has 1 aromatic carbocycles. The average Bonchev–Trinajstić information content (AvgIpc) is 3.13. The lowest BCUT2D eigenvalue weighted by atomic mass is 9.53. The number of rotatable bonds is 5. The van der Waals surface area contributed by atoms with E-state index in [0.29, 0.717) is 17.3 Å². The number of anilines is 1. The predicted octanol–water partition coefficient (Wildman–Crippen LogP) is 3.42. The number of hydrogen-bond acceptors (Lipinski definition) is 4. The van der Waals surface area contributed by atoms with Crippen LogP contribution in [-0.2, 0) is 4.79 Å². The summed E-state index contributed by atoms with van der Waals surface area (Å²) in [5.74, 6) is 2.53. The molecule has 0 saturated heterocycles. The van der Waals surface area contributed by atoms with Gasteiger partial charge in [-0.15, -0.1) is 0 Å². The highest BCUT2D eigenvalue weighted by Crippen LogP contribution is 2.55. The molecule has 2 N–H and O–H groups in total. The zero-order chi connectivity index (χ0) is 18.4. The molecule has 0 spiro atoms. The Morgan fingerprint density at radius 1 is 1.19 bits per heavy atom. The molecule has 4 fully saturated rings. The summed E-state index contributed by atoms with van der Waals surface area (Å²) < 4.78 is 1.62. The van der Waals surface area contributed by atoms with Crippen molar-refractivity contribution in [2.75, 3.05) is 11.9 Å². The monoisotopic (exact) mass is 385 g/mol. The Labute approximate surface area is 163 Å². The van der Waals surface area contributed by atoms with E-state index >= 15 is 0 Å². The quantitative estimate of drug-likeness (QED) is 0.827. The fourth-order valence-corrected chi connectivity index (χ4v) is 6.10. The summed E-state index contributed by atoms with van der Waals surface area (Å²) in [4.78, 5) is 16.7. The molecule has 4 saturated carbocycles. The van der Waals surface area contributed by atoms with E-state index in [1.807, 2.05) is 6.07 Å². The molecule has 0 atom stereocenters. The molecule has 6 rings (SSSR count). The van der Waals surface area contributed by atoms with E-state index in [0.717, 1.165) is 23.4 Å². The highest BCUT2D eigenvalue weighted by Gasteiger charge is 2.50. The van der Waals surface area contributed by atoms with Crippen molar-refractivity contribution < 1.29 is 4.79 Å². The topological polar surface area (TPSA) is 71.8 Å². The number of aromatic nitrogens is 3. The molecule has 4 aliphatic rings. The highest BCUT2D eigenvalue weighted by atomic mass is 35.5. The Bertz CT molecular complexity index is 815. The van der Waals surface area contributed by atoms with Gasteiger partial charge in [-0.1, -0.05) is 11.6 Å². The van der Waals surface area contributed by atoms with Crippen molar-refractivity contribution in [3.8, 4) is 5.69 Å². The average molecular weight is 386 g/mol. The van der Waals surface area contributed by atoms with E-state index in [4.69, 9.17) is 11.6 Å². The van der Waals surface area contributed by atoms with Gasteiger partial charge in [-0.2, -0.15) is 5.10 Å². The maximum Gasteiger partial charge on any atom is 0.238 e. The first-order valence-corrected chi connectivity index (χ1v) is 10.2. The van der Waals surface area contributed by atoms with Gasteiger partial charge in [-0.25, -0.2) is 9.67 Å². The van der Waals surface area contributed by atoms with Gasteiger partial charge >= 0.3 is 0 Å². The maximum atomic E-state index is 12.7. The van der Waals surface area contributed by atoms with Crippen LogP contribution in [0.15, 0.2) is 30.9 Å². The van der Waals surface area contributed by atoms with Crippen LogP contribution in [0.2, 0.25) is 5.02 Å². The van der Waals surface area contributed by atoms with Gasteiger partial charge in [0.1, 0.15) is 12.7 Å². The molecule has 0 unspecified atom stereocenters. The Hall–Kier alpha value is -1.92. The van der Waals surface area contributed by atoms with Crippen LogP contribution in [0, 0.1) is 17.8 Å². The minimum absolute atomic E-state index is 0.0469. The summed E-state index contributed by atoms with van der Waals surface area (Å²) in [6.45, 7) is 0.329. The summed E-state index contributed by atoms with van der Waals surface area (Å²) in [5, 5.41) is 11.4. The smallest absolute Gasteiger partial charge is 0.238 e. The third kappa shape index (κ3) is 3.36. The molecule has 6 nitrogen and oxygen atoms in total. The fourth-order valence-electron chi connectivity index (χ4n) is 5.93. The molecular weight excluding hydrogens is 362 g/mol. The van der Waals surface area contributed by atoms with Crippen LogP contribution in [0.4, 0.5) is 5.69 Å². The molecule has 2 aromatic rings. The molecule has 1 aromatic heterocycles. The lowest BCUT2D eigenvalue weighted by Gasteiger charge is -2.57. The fraction of sp³-hybridized carbons (Fsp3) is 0.550. The molecule has 0 radical (unpaired) electrons. The van der Waals surface area contributed by atoms with E-state index in [1.165, 1.54) is 44.9 Å². The minimum atomic E-state index is -0.0469. The van der Waals surface area contributed by atoms with Crippen molar-refractivity contribution in [2.45, 2.75) is 44.1 Å². The molecule has 27 heavy (non-hydrogen) atoms. The Morgan fingerprint density at radius 3 is 2.52 bits per heavy atom. The second-order valence-electron chi connectivity index (χ2n) is 8.60. The number of carbonyl (C=O) groups is 1. The van der Waals surface area contributed by atoms with Crippen LogP contribution in [-0.4, -0.2) is 32.8 Å². The number of hydrogen-bond donors (Lipinski definition) is 2. The van der Waals surface area contributed by atoms with Crippen LogP contribution in [0.3, 0.4) is 0 Å². The summed E-state index contributed by atoms with van der Waals surface area (Å²) in [6.07, 6.45) is 11.0. The number of nitrogens with zero attached hydrogens (tertiary/aromatic N) is 3. The Balaban J connectivity index is 1.27. The first kappa shape index (κ1) is 17.2. The lowest BCUT2D eigenvalue weighted by Crippen LogP contribution is -2.59. The highest BCUT2D eigenvalue weighted by molar-refractivity contribution is 6.31. The maximum absolute atomic E-state index is 12.7. The number of benzene rings is 1. The largest absolute Gasteiger partial charge is 0.323 e. The number of halogens is 1. The van der Waals surface area contributed by atoms with E-state index in [2.05, 4.69) is 20.7 Å². The van der Waals surface area contributed by atoms with E-state index in [1.54, 1.807) is 23.1 Å². The van der Waals surface area contributed by atoms with Gasteiger partial charge in [-0.05, 0) is 74.5 Å². The third-order valence-corrected chi connectivity index (χ3v) is 6.80. The van der Waals surface area contributed by atoms with Crippen molar-refractivity contribution in [3.63, 3.8) is 0 Å². The summed E-state index contributed by atoms with van der Waals surface area (Å²) in [5.41, 5.74) is 1.57. The van der Waals surface area contributed by atoms with Gasteiger partial charge in [0.2, 0.25) is 5.91 Å². The molecule has 142 valence electrons. The lowest BCUT2D eigenvalue weighted by molar-refractivity contribution is -0.116. The van der Waals surface area contributed by atoms with Crippen molar-refractivity contribution in [1.82, 2.24) is 20.1 Å². The summed E-state index contributed by atoms with van der Waals surface area (Å²) >= 11 is 6.14. The molecule has 0 aliphatic heterocycles. The first-order chi connectivity index (χ1) is 13.1. The second-order valence-corrected chi connectivity index (χ2v) is 9.04. The molecule has 7 heteroatoms. The molecule has 4 aliphatic carbocycles. The minimum Gasteiger partial charge on any atom is -0.323 e. The number of carbonyl (C=O) groups excluding carboxylic acids is 1. The standard InChI is InChI=1S/C20H24ClN5O/c21-16-1-2-18(26-12-22-11-24-26)17(6-16)25-19(27)10-23-20-7-13-3-14(8-20)5-15(4-13)9-20/h1-2,6,11-15,23H,3-5,7-10H2,(H,25,27). The van der Waals surface area contributed by atoms with Gasteiger partial charge in [0.05, 0.1) is 17.9 Å². The van der Waals surface area contributed by atoms with E-state index in [9.17, 15) is 4.79 Å². The van der Waals surface area contributed by atoms with E-state index in [-0.39, 0.29) is 11.4 Å². The van der Waals surface area contributed by atoms with Crippen molar-refractivity contribution in [3.05, 3.63) is 35.9 Å². The molecule has 1 amide bonds. The van der Waals surface area contributed by atoms with Crippen molar-refractivity contribution in [2.24, 2.45) is 17.8 Å². The summed E-state index contributed by atoms with van der Waals surface area (Å²) in [6, 6.07) is 5.36. The van der Waals surface area contributed by atoms with Gasteiger partial charge < -0.3 is 10.6 Å². The SMILES string of the molecule is O=C(CNC12CC3CC(CC(C3)C1)C2)Nc1cc(Cl)ccc1-n1cncn1. The second kappa shape index (κ2) is 6.60. The van der Waals surface area contributed by atoms with E-state index < -0.39 is 0 Å². The Kier molecular flexibility index (Phi) is 4.20. The summed E-state index contributed by atoms with van der Waals surface area (Å²) in [7, 11) is 0. The van der Waals surface area contributed by atoms with Gasteiger partial charge in [-0.3, -0.25) is 4.79 Å². The molecule has 4 bridgehead atoms. The van der Waals surface area contributed by atoms with Crippen LogP contribution in [0.25, 0.3) is 5.69 Å². The third-order valence-electron chi connectivity index (χ3n) is 6.56. The zero-order valence-electron chi connectivity index (χ0n) is 15.2. The zero-order valence-corrected chi connectivity index (χ0v) is 16.0. The van der Waals surface area contributed by atoms with Crippen molar-refractivity contribution >= 4 is 23.2 Å². The predicted molar refractivity (Wildman–Crippen MR) is 104 cm³/mol. The van der Waals surface area contributed by atoms with Gasteiger partial charge in [0.15, 0.2) is 0 Å². The normalized spacial score (nSPS) is 31.2. The Morgan fingerprint density at radius 2 is 1.89 bits per heavy atom. The number of amides is 1. The first-order valence-electron chi connectivity index (χ1n) is 9.78. The molecule has 1 heterocycles. The van der Waals surface area contributed by atoms with Gasteiger partial charge in [0.25, 0.3) is 0 Å². The van der Waals surface area contributed by atoms with Crippen LogP contribution >= 0.6 is 11.6 Å². The number of nitrogens with one attached hydrogen (secondary N) is 2. The van der Waals surface area contributed by atoms with Crippen molar-refractivity contribution in [1.29, 1.82) is 0 Å². The van der Waals surface area contributed by atoms with Crippen LogP contribution < -0.4 is 10.6 Å². The molecular formula is C20H24ClN5O. The van der Waals surface area contributed by atoms with Gasteiger partial charge in [0, 0.05) is 10.6 Å². The van der Waals surface area contributed by atoms with Crippen LogP contribution in [0.5, 0.6) is 0 Å².